The minimum Gasteiger partial charge on any atom is -0.246 e. The molecule has 0 saturated heterocycles. The van der Waals surface area contributed by atoms with E-state index >= 15 is 0 Å². The Bertz CT molecular complexity index is 193. The molecule has 1 nitrogen and oxygen atoms in total. The molecule has 0 spiro atoms. The molecule has 1 rings (SSSR count). The van der Waals surface area contributed by atoms with E-state index in [9.17, 15) is 0 Å². The van der Waals surface area contributed by atoms with E-state index in [2.05, 4.69) is 24.2 Å². The van der Waals surface area contributed by atoms with Crippen molar-refractivity contribution in [3.63, 3.8) is 0 Å². The highest BCUT2D eigenvalue weighted by Crippen LogP contribution is 2.11. The number of nitrogens with zero attached hydrogens (tertiary/aromatic N) is 1. The summed E-state index contributed by atoms with van der Waals surface area (Å²) >= 11 is 1.75. The Morgan fingerprint density at radius 3 is 3.00 bits per heavy atom. The molecule has 0 amide bonds. The van der Waals surface area contributed by atoms with Gasteiger partial charge in [-0.1, -0.05) is 6.92 Å². The average molecular weight is 154 g/mol. The molecular formula is C8H12NS. The Balaban J connectivity index is 2.59. The first-order chi connectivity index (χ1) is 4.86. The largest absolute Gasteiger partial charge is 0.246 e. The van der Waals surface area contributed by atoms with Crippen LogP contribution < -0.4 is 0 Å². The lowest BCUT2D eigenvalue weighted by atomic mass is 10.3. The molecule has 1 radical (unpaired) electrons. The van der Waals surface area contributed by atoms with Crippen molar-refractivity contribution in [1.29, 1.82) is 0 Å². The molecule has 1 aromatic rings. The Morgan fingerprint density at radius 1 is 1.70 bits per heavy atom. The van der Waals surface area contributed by atoms with E-state index in [0.717, 1.165) is 18.5 Å². The standard InChI is InChI=1S/C8H12NS/c1-3-5-8-9-7(4-2)6-10-8/h6H,2-5H2,1H3. The quantitative estimate of drug-likeness (QED) is 0.651. The Kier molecular flexibility index (Phi) is 2.87. The van der Waals surface area contributed by atoms with Gasteiger partial charge in [0.05, 0.1) is 10.7 Å². The molecule has 0 aliphatic carbocycles. The van der Waals surface area contributed by atoms with Crippen LogP contribution in [0.4, 0.5) is 0 Å². The van der Waals surface area contributed by atoms with Gasteiger partial charge in [0, 0.05) is 5.38 Å². The molecule has 0 saturated carbocycles. The summed E-state index contributed by atoms with van der Waals surface area (Å²) in [4.78, 5) is 4.37. The van der Waals surface area contributed by atoms with E-state index in [1.807, 2.05) is 0 Å². The average Bonchev–Trinajstić information content (AvgIpc) is 2.37. The zero-order valence-corrected chi connectivity index (χ0v) is 7.08. The normalized spacial score (nSPS) is 10.2. The molecule has 0 bridgehead atoms. The SMILES string of the molecule is [CH2]Cc1csc(CCC)n1. The van der Waals surface area contributed by atoms with Gasteiger partial charge < -0.3 is 0 Å². The van der Waals surface area contributed by atoms with Crippen LogP contribution in [0.15, 0.2) is 5.38 Å². The maximum absolute atomic E-state index is 4.37. The summed E-state index contributed by atoms with van der Waals surface area (Å²) < 4.78 is 0. The molecule has 0 aliphatic heterocycles. The summed E-state index contributed by atoms with van der Waals surface area (Å²) in [6.07, 6.45) is 3.12. The fourth-order valence-corrected chi connectivity index (χ4v) is 1.73. The summed E-state index contributed by atoms with van der Waals surface area (Å²) in [5.74, 6) is 0. The molecule has 0 fully saturated rings. The van der Waals surface area contributed by atoms with Crippen LogP contribution in [-0.2, 0) is 12.8 Å². The first-order valence-corrected chi connectivity index (χ1v) is 4.47. The number of rotatable bonds is 3. The minimum atomic E-state index is 0.820. The van der Waals surface area contributed by atoms with Crippen molar-refractivity contribution in [1.82, 2.24) is 4.98 Å². The molecule has 0 unspecified atom stereocenters. The van der Waals surface area contributed by atoms with Crippen molar-refractivity contribution < 1.29 is 0 Å². The van der Waals surface area contributed by atoms with Gasteiger partial charge >= 0.3 is 0 Å². The van der Waals surface area contributed by atoms with Gasteiger partial charge in [-0.05, 0) is 26.2 Å². The maximum atomic E-state index is 4.37. The van der Waals surface area contributed by atoms with Crippen LogP contribution in [0.5, 0.6) is 0 Å². The smallest absolute Gasteiger partial charge is 0.0928 e. The zero-order valence-electron chi connectivity index (χ0n) is 6.26. The Hall–Kier alpha value is -0.370. The molecule has 10 heavy (non-hydrogen) atoms. The van der Waals surface area contributed by atoms with Gasteiger partial charge in [-0.25, -0.2) is 4.98 Å². The lowest BCUT2D eigenvalue weighted by Gasteiger charge is -1.87. The highest BCUT2D eigenvalue weighted by atomic mass is 32.1. The fourth-order valence-electron chi connectivity index (χ4n) is 0.792. The molecule has 2 heteroatoms. The predicted octanol–water partition coefficient (Wildman–Crippen LogP) is 2.47. The van der Waals surface area contributed by atoms with E-state index < -0.39 is 0 Å². The van der Waals surface area contributed by atoms with Crippen molar-refractivity contribution in [3.8, 4) is 0 Å². The van der Waals surface area contributed by atoms with Crippen LogP contribution in [0, 0.1) is 6.92 Å². The third-order valence-electron chi connectivity index (χ3n) is 1.32. The van der Waals surface area contributed by atoms with Crippen LogP contribution >= 0.6 is 11.3 Å². The number of thiazole rings is 1. The summed E-state index contributed by atoms with van der Waals surface area (Å²) in [6.45, 7) is 5.95. The van der Waals surface area contributed by atoms with Crippen molar-refractivity contribution in [3.05, 3.63) is 23.0 Å². The van der Waals surface area contributed by atoms with Gasteiger partial charge in [-0.15, -0.1) is 11.3 Å². The second kappa shape index (κ2) is 3.71. The van der Waals surface area contributed by atoms with Crippen molar-refractivity contribution in [2.24, 2.45) is 0 Å². The van der Waals surface area contributed by atoms with Crippen LogP contribution in [0.1, 0.15) is 24.0 Å². The summed E-state index contributed by atoms with van der Waals surface area (Å²) in [6, 6.07) is 0. The topological polar surface area (TPSA) is 12.9 Å². The number of hydrogen-bond donors (Lipinski definition) is 0. The molecule has 0 aromatic carbocycles. The lowest BCUT2D eigenvalue weighted by Crippen LogP contribution is -1.83. The molecule has 0 aliphatic rings. The van der Waals surface area contributed by atoms with E-state index in [1.54, 1.807) is 11.3 Å². The van der Waals surface area contributed by atoms with Crippen molar-refractivity contribution >= 4 is 11.3 Å². The van der Waals surface area contributed by atoms with Gasteiger partial charge in [0.1, 0.15) is 0 Å². The first-order valence-electron chi connectivity index (χ1n) is 3.59. The second-order valence-corrected chi connectivity index (χ2v) is 3.18. The van der Waals surface area contributed by atoms with Crippen LogP contribution in [-0.4, -0.2) is 4.98 Å². The summed E-state index contributed by atoms with van der Waals surface area (Å²) in [5.41, 5.74) is 1.13. The molecule has 55 valence electrons. The van der Waals surface area contributed by atoms with Gasteiger partial charge in [-0.3, -0.25) is 0 Å². The van der Waals surface area contributed by atoms with Gasteiger partial charge in [0.15, 0.2) is 0 Å². The highest BCUT2D eigenvalue weighted by molar-refractivity contribution is 7.09. The monoisotopic (exact) mass is 154 g/mol. The fraction of sp³-hybridized carbons (Fsp3) is 0.500. The van der Waals surface area contributed by atoms with Crippen molar-refractivity contribution in [2.45, 2.75) is 26.2 Å². The number of hydrogen-bond acceptors (Lipinski definition) is 2. The van der Waals surface area contributed by atoms with E-state index in [4.69, 9.17) is 0 Å². The van der Waals surface area contributed by atoms with Crippen LogP contribution in [0.2, 0.25) is 0 Å². The Morgan fingerprint density at radius 2 is 2.50 bits per heavy atom. The van der Waals surface area contributed by atoms with Gasteiger partial charge in [0.25, 0.3) is 0 Å². The number of aryl methyl sites for hydroxylation is 1. The minimum absolute atomic E-state index is 0.820. The zero-order chi connectivity index (χ0) is 7.40. The molecule has 0 atom stereocenters. The Labute approximate surface area is 66.1 Å². The van der Waals surface area contributed by atoms with E-state index in [1.165, 1.54) is 11.4 Å². The molecule has 0 N–H and O–H groups in total. The second-order valence-electron chi connectivity index (χ2n) is 2.23. The van der Waals surface area contributed by atoms with Crippen LogP contribution in [0.3, 0.4) is 0 Å². The van der Waals surface area contributed by atoms with Crippen LogP contribution in [0.25, 0.3) is 0 Å². The third-order valence-corrected chi connectivity index (χ3v) is 2.28. The van der Waals surface area contributed by atoms with Crippen molar-refractivity contribution in [2.75, 3.05) is 0 Å². The van der Waals surface area contributed by atoms with Gasteiger partial charge in [0.2, 0.25) is 0 Å². The predicted molar refractivity (Wildman–Crippen MR) is 45.2 cm³/mol. The lowest BCUT2D eigenvalue weighted by molar-refractivity contribution is 0.899. The first kappa shape index (κ1) is 7.73. The highest BCUT2D eigenvalue weighted by Gasteiger charge is 1.97. The maximum Gasteiger partial charge on any atom is 0.0928 e. The van der Waals surface area contributed by atoms with E-state index in [0.29, 0.717) is 0 Å². The molecule has 1 aromatic heterocycles. The third kappa shape index (κ3) is 1.81. The molecular weight excluding hydrogens is 142 g/mol. The molecule has 1 heterocycles. The number of aromatic nitrogens is 1. The van der Waals surface area contributed by atoms with E-state index in [-0.39, 0.29) is 0 Å². The van der Waals surface area contributed by atoms with Gasteiger partial charge in [-0.2, -0.15) is 0 Å². The summed E-state index contributed by atoms with van der Waals surface area (Å²) in [7, 11) is 0. The summed E-state index contributed by atoms with van der Waals surface area (Å²) in [5, 5.41) is 3.35.